The predicted molar refractivity (Wildman–Crippen MR) is 71.5 cm³/mol. The van der Waals surface area contributed by atoms with Crippen LogP contribution in [0.4, 0.5) is 4.39 Å². The minimum Gasteiger partial charge on any atom is -0.294 e. The third kappa shape index (κ3) is 2.92. The van der Waals surface area contributed by atoms with Crippen LogP contribution in [0.3, 0.4) is 0 Å². The molecule has 1 fully saturated rings. The molecule has 0 aliphatic heterocycles. The second-order valence-electron chi connectivity index (χ2n) is 5.13. The summed E-state index contributed by atoms with van der Waals surface area (Å²) in [5.74, 6) is 0.0517. The lowest BCUT2D eigenvalue weighted by Gasteiger charge is -2.27. The Morgan fingerprint density at radius 3 is 2.89 bits per heavy atom. The molecule has 2 rings (SSSR count). The second-order valence-corrected chi connectivity index (χ2v) is 5.56. The molecule has 0 radical (unpaired) electrons. The van der Waals surface area contributed by atoms with E-state index in [4.69, 9.17) is 11.6 Å². The monoisotopic (exact) mass is 268 g/mol. The zero-order chi connectivity index (χ0) is 13.1. The number of carbonyl (C=O) groups excluding carboxylic acids is 1. The number of hydrogen-bond acceptors (Lipinski definition) is 1. The SMILES string of the molecule is CCC1CCCC(C(=O)c2ccc(Cl)cc2F)C1. The minimum atomic E-state index is -0.494. The molecule has 0 bridgehead atoms. The van der Waals surface area contributed by atoms with Crippen molar-refractivity contribution < 1.29 is 9.18 Å². The first-order valence-electron chi connectivity index (χ1n) is 6.61. The van der Waals surface area contributed by atoms with E-state index >= 15 is 0 Å². The smallest absolute Gasteiger partial charge is 0.168 e. The third-order valence-corrected chi connectivity index (χ3v) is 4.16. The largest absolute Gasteiger partial charge is 0.294 e. The van der Waals surface area contributed by atoms with E-state index in [1.54, 1.807) is 6.07 Å². The third-order valence-electron chi connectivity index (χ3n) is 3.93. The molecular weight excluding hydrogens is 251 g/mol. The predicted octanol–water partition coefficient (Wildman–Crippen LogP) is 4.88. The first-order chi connectivity index (χ1) is 8.61. The van der Waals surface area contributed by atoms with Crippen LogP contribution < -0.4 is 0 Å². The number of hydrogen-bond donors (Lipinski definition) is 0. The minimum absolute atomic E-state index is 0.0145. The van der Waals surface area contributed by atoms with Crippen molar-refractivity contribution in [2.45, 2.75) is 39.0 Å². The summed E-state index contributed by atoms with van der Waals surface area (Å²) in [5, 5.41) is 0.333. The van der Waals surface area contributed by atoms with Crippen molar-refractivity contribution in [3.05, 3.63) is 34.6 Å². The number of halogens is 2. The van der Waals surface area contributed by atoms with Crippen molar-refractivity contribution in [1.29, 1.82) is 0 Å². The molecular formula is C15H18ClFO. The van der Waals surface area contributed by atoms with Crippen LogP contribution in [-0.2, 0) is 0 Å². The molecule has 0 amide bonds. The Morgan fingerprint density at radius 2 is 2.22 bits per heavy atom. The fourth-order valence-electron chi connectivity index (χ4n) is 2.81. The molecule has 2 atom stereocenters. The van der Waals surface area contributed by atoms with Crippen molar-refractivity contribution >= 4 is 17.4 Å². The van der Waals surface area contributed by atoms with Gasteiger partial charge in [0.1, 0.15) is 5.82 Å². The number of benzene rings is 1. The molecule has 0 N–H and O–H groups in total. The molecule has 2 unspecified atom stereocenters. The van der Waals surface area contributed by atoms with E-state index in [2.05, 4.69) is 6.92 Å². The fourth-order valence-corrected chi connectivity index (χ4v) is 2.97. The van der Waals surface area contributed by atoms with Gasteiger partial charge in [0.2, 0.25) is 0 Å². The first-order valence-corrected chi connectivity index (χ1v) is 6.99. The van der Waals surface area contributed by atoms with Gasteiger partial charge >= 0.3 is 0 Å². The average molecular weight is 269 g/mol. The Morgan fingerprint density at radius 1 is 1.44 bits per heavy atom. The molecule has 1 aliphatic rings. The van der Waals surface area contributed by atoms with E-state index in [1.165, 1.54) is 18.6 Å². The van der Waals surface area contributed by atoms with Gasteiger partial charge in [0.15, 0.2) is 5.78 Å². The van der Waals surface area contributed by atoms with E-state index in [0.717, 1.165) is 25.7 Å². The number of ketones is 1. The van der Waals surface area contributed by atoms with Gasteiger partial charge in [-0.2, -0.15) is 0 Å². The van der Waals surface area contributed by atoms with Crippen LogP contribution in [-0.4, -0.2) is 5.78 Å². The lowest BCUT2D eigenvalue weighted by atomic mass is 9.77. The fraction of sp³-hybridized carbons (Fsp3) is 0.533. The topological polar surface area (TPSA) is 17.1 Å². The van der Waals surface area contributed by atoms with E-state index in [1.807, 2.05) is 0 Å². The number of rotatable bonds is 3. The average Bonchev–Trinajstić information content (AvgIpc) is 2.38. The van der Waals surface area contributed by atoms with Gasteiger partial charge in [-0.1, -0.05) is 37.8 Å². The summed E-state index contributed by atoms with van der Waals surface area (Å²) in [4.78, 5) is 12.3. The molecule has 1 aromatic carbocycles. The Labute approximate surface area is 112 Å². The molecule has 18 heavy (non-hydrogen) atoms. The quantitative estimate of drug-likeness (QED) is 0.714. The standard InChI is InChI=1S/C15H18ClFO/c1-2-10-4-3-5-11(8-10)15(18)13-7-6-12(16)9-14(13)17/h6-7,9-11H,2-5,8H2,1H3. The lowest BCUT2D eigenvalue weighted by Crippen LogP contribution is -2.23. The maximum atomic E-state index is 13.7. The molecule has 0 heterocycles. The van der Waals surface area contributed by atoms with E-state index in [-0.39, 0.29) is 17.3 Å². The summed E-state index contributed by atoms with van der Waals surface area (Å²) < 4.78 is 13.7. The van der Waals surface area contributed by atoms with Crippen molar-refractivity contribution in [1.82, 2.24) is 0 Å². The second kappa shape index (κ2) is 5.83. The van der Waals surface area contributed by atoms with Gasteiger partial charge in [-0.25, -0.2) is 4.39 Å². The molecule has 0 spiro atoms. The van der Waals surface area contributed by atoms with Crippen molar-refractivity contribution in [3.63, 3.8) is 0 Å². The van der Waals surface area contributed by atoms with Crippen LogP contribution in [0.2, 0.25) is 5.02 Å². The summed E-state index contributed by atoms with van der Waals surface area (Å²) in [7, 11) is 0. The zero-order valence-corrected chi connectivity index (χ0v) is 11.3. The van der Waals surface area contributed by atoms with E-state index in [9.17, 15) is 9.18 Å². The van der Waals surface area contributed by atoms with Crippen molar-refractivity contribution in [2.24, 2.45) is 11.8 Å². The zero-order valence-electron chi connectivity index (χ0n) is 10.6. The van der Waals surface area contributed by atoms with Crippen molar-refractivity contribution in [2.75, 3.05) is 0 Å². The van der Waals surface area contributed by atoms with Crippen LogP contribution in [0, 0.1) is 17.7 Å². The Kier molecular flexibility index (Phi) is 4.39. The summed E-state index contributed by atoms with van der Waals surface area (Å²) in [6.45, 7) is 2.15. The van der Waals surface area contributed by atoms with Crippen molar-refractivity contribution in [3.8, 4) is 0 Å². The molecule has 1 aromatic rings. The summed E-state index contributed by atoms with van der Waals surface area (Å²) in [5.41, 5.74) is 0.196. The molecule has 1 aliphatic carbocycles. The highest BCUT2D eigenvalue weighted by atomic mass is 35.5. The first kappa shape index (κ1) is 13.5. The molecule has 98 valence electrons. The molecule has 1 nitrogen and oxygen atoms in total. The maximum Gasteiger partial charge on any atom is 0.168 e. The molecule has 0 saturated heterocycles. The highest BCUT2D eigenvalue weighted by Crippen LogP contribution is 2.33. The van der Waals surface area contributed by atoms with E-state index in [0.29, 0.717) is 10.9 Å². The summed E-state index contributed by atoms with van der Waals surface area (Å²) >= 11 is 5.70. The number of Topliss-reactive ketones (excluding diaryl/α,β-unsaturated/α-hetero) is 1. The van der Waals surface area contributed by atoms with Crippen LogP contribution in [0.15, 0.2) is 18.2 Å². The Bertz CT molecular complexity index is 444. The van der Waals surface area contributed by atoms with Gasteiger partial charge in [0.25, 0.3) is 0 Å². The van der Waals surface area contributed by atoms with Gasteiger partial charge in [-0.15, -0.1) is 0 Å². The van der Waals surface area contributed by atoms with Gasteiger partial charge in [-0.3, -0.25) is 4.79 Å². The van der Waals surface area contributed by atoms with Gasteiger partial charge in [0, 0.05) is 10.9 Å². The summed E-state index contributed by atoms with van der Waals surface area (Å²) in [6, 6.07) is 4.31. The Balaban J connectivity index is 2.15. The van der Waals surface area contributed by atoms with Crippen LogP contribution in [0.1, 0.15) is 49.4 Å². The van der Waals surface area contributed by atoms with Gasteiger partial charge in [-0.05, 0) is 37.0 Å². The van der Waals surface area contributed by atoms with Gasteiger partial charge < -0.3 is 0 Å². The van der Waals surface area contributed by atoms with E-state index < -0.39 is 5.82 Å². The maximum absolute atomic E-state index is 13.7. The normalized spacial score (nSPS) is 23.9. The highest BCUT2D eigenvalue weighted by molar-refractivity contribution is 6.30. The van der Waals surface area contributed by atoms with Crippen LogP contribution in [0.25, 0.3) is 0 Å². The summed E-state index contributed by atoms with van der Waals surface area (Å²) in [6.07, 6.45) is 5.16. The molecule has 1 saturated carbocycles. The molecule has 3 heteroatoms. The Hall–Kier alpha value is -0.890. The van der Waals surface area contributed by atoms with Crippen LogP contribution in [0.5, 0.6) is 0 Å². The lowest BCUT2D eigenvalue weighted by molar-refractivity contribution is 0.0858. The highest BCUT2D eigenvalue weighted by Gasteiger charge is 2.28. The van der Waals surface area contributed by atoms with Crippen LogP contribution >= 0.6 is 11.6 Å². The molecule has 0 aromatic heterocycles. The van der Waals surface area contributed by atoms with Gasteiger partial charge in [0.05, 0.1) is 5.56 Å². The number of carbonyl (C=O) groups is 1.